The Morgan fingerprint density at radius 3 is 2.55 bits per heavy atom. The second-order valence-electron chi connectivity index (χ2n) is 4.63. The molecule has 0 radical (unpaired) electrons. The predicted octanol–water partition coefficient (Wildman–Crippen LogP) is 4.00. The maximum absolute atomic E-state index is 13.8. The number of aromatic nitrogens is 2. The van der Waals surface area contributed by atoms with E-state index in [1.165, 1.54) is 6.07 Å². The largest absolute Gasteiger partial charge is 0.298 e. The molecule has 1 aromatic carbocycles. The molecule has 0 aliphatic carbocycles. The lowest BCUT2D eigenvalue weighted by molar-refractivity contribution is 0.112. The van der Waals surface area contributed by atoms with Crippen molar-refractivity contribution in [3.63, 3.8) is 0 Å². The van der Waals surface area contributed by atoms with Gasteiger partial charge in [0.25, 0.3) is 0 Å². The van der Waals surface area contributed by atoms with E-state index in [2.05, 4.69) is 5.10 Å². The smallest absolute Gasteiger partial charge is 0.153 e. The summed E-state index contributed by atoms with van der Waals surface area (Å²) in [5.74, 6) is -1.37. The van der Waals surface area contributed by atoms with Gasteiger partial charge in [0, 0.05) is 17.8 Å². The standard InChI is InChI=1S/C15H16F2N2O/c1-3-12(4-2)19-8-10(9-20)15(18-19)13-6-5-11(16)7-14(13)17/h5-9,12H,3-4H2,1-2H3. The molecule has 1 aromatic heterocycles. The van der Waals surface area contributed by atoms with Gasteiger partial charge in [-0.2, -0.15) is 5.10 Å². The van der Waals surface area contributed by atoms with E-state index in [1.807, 2.05) is 13.8 Å². The molecule has 0 saturated heterocycles. The van der Waals surface area contributed by atoms with Crippen molar-refractivity contribution < 1.29 is 13.6 Å². The van der Waals surface area contributed by atoms with Crippen LogP contribution in [0.4, 0.5) is 8.78 Å². The van der Waals surface area contributed by atoms with Gasteiger partial charge in [0.15, 0.2) is 6.29 Å². The van der Waals surface area contributed by atoms with Crippen LogP contribution in [0.1, 0.15) is 43.1 Å². The van der Waals surface area contributed by atoms with Crippen molar-refractivity contribution in [3.8, 4) is 11.3 Å². The fourth-order valence-corrected chi connectivity index (χ4v) is 2.23. The van der Waals surface area contributed by atoms with Gasteiger partial charge in [0.1, 0.15) is 17.3 Å². The molecule has 3 nitrogen and oxygen atoms in total. The van der Waals surface area contributed by atoms with Crippen molar-refractivity contribution in [1.29, 1.82) is 0 Å². The number of nitrogens with zero attached hydrogens (tertiary/aromatic N) is 2. The third-order valence-corrected chi connectivity index (χ3v) is 3.39. The summed E-state index contributed by atoms with van der Waals surface area (Å²) in [4.78, 5) is 11.1. The van der Waals surface area contributed by atoms with Crippen LogP contribution in [0.3, 0.4) is 0 Å². The van der Waals surface area contributed by atoms with Crippen LogP contribution in [0.15, 0.2) is 24.4 Å². The van der Waals surface area contributed by atoms with Gasteiger partial charge in [-0.3, -0.25) is 9.48 Å². The minimum atomic E-state index is -0.720. The van der Waals surface area contributed by atoms with Crippen LogP contribution in [-0.4, -0.2) is 16.1 Å². The normalized spacial score (nSPS) is 11.1. The highest BCUT2D eigenvalue weighted by molar-refractivity contribution is 5.85. The molecule has 0 fully saturated rings. The van der Waals surface area contributed by atoms with Crippen LogP contribution in [0, 0.1) is 11.6 Å². The van der Waals surface area contributed by atoms with Crippen LogP contribution < -0.4 is 0 Å². The van der Waals surface area contributed by atoms with Crippen LogP contribution in [-0.2, 0) is 0 Å². The van der Waals surface area contributed by atoms with E-state index in [-0.39, 0.29) is 17.3 Å². The molecule has 0 bridgehead atoms. The average Bonchev–Trinajstić information content (AvgIpc) is 2.84. The summed E-state index contributed by atoms with van der Waals surface area (Å²) in [6.07, 6.45) is 3.98. The summed E-state index contributed by atoms with van der Waals surface area (Å²) < 4.78 is 28.5. The number of carbonyl (C=O) groups excluding carboxylic acids is 1. The van der Waals surface area contributed by atoms with Crippen molar-refractivity contribution in [2.75, 3.05) is 0 Å². The summed E-state index contributed by atoms with van der Waals surface area (Å²) >= 11 is 0. The summed E-state index contributed by atoms with van der Waals surface area (Å²) in [7, 11) is 0. The number of benzene rings is 1. The minimum Gasteiger partial charge on any atom is -0.298 e. The van der Waals surface area contributed by atoms with E-state index in [0.717, 1.165) is 25.0 Å². The molecular weight excluding hydrogens is 262 g/mol. The SMILES string of the molecule is CCC(CC)n1cc(C=O)c(-c2ccc(F)cc2F)n1. The van der Waals surface area contributed by atoms with Crippen molar-refractivity contribution >= 4 is 6.29 Å². The maximum atomic E-state index is 13.8. The first kappa shape index (κ1) is 14.4. The average molecular weight is 278 g/mol. The van der Waals surface area contributed by atoms with E-state index in [1.54, 1.807) is 10.9 Å². The van der Waals surface area contributed by atoms with Crippen molar-refractivity contribution in [2.45, 2.75) is 32.7 Å². The molecule has 0 N–H and O–H groups in total. The van der Waals surface area contributed by atoms with E-state index < -0.39 is 11.6 Å². The monoisotopic (exact) mass is 278 g/mol. The first-order chi connectivity index (χ1) is 9.60. The third kappa shape index (κ3) is 2.61. The van der Waals surface area contributed by atoms with Gasteiger partial charge < -0.3 is 0 Å². The van der Waals surface area contributed by atoms with Gasteiger partial charge in [-0.25, -0.2) is 8.78 Å². The van der Waals surface area contributed by atoms with E-state index in [4.69, 9.17) is 0 Å². The molecule has 20 heavy (non-hydrogen) atoms. The lowest BCUT2D eigenvalue weighted by Crippen LogP contribution is -2.07. The number of aldehydes is 1. The zero-order chi connectivity index (χ0) is 14.7. The predicted molar refractivity (Wildman–Crippen MR) is 72.6 cm³/mol. The Balaban J connectivity index is 2.53. The van der Waals surface area contributed by atoms with Gasteiger partial charge in [0.2, 0.25) is 0 Å². The first-order valence-corrected chi connectivity index (χ1v) is 6.60. The molecule has 0 atom stereocenters. The number of carbonyl (C=O) groups is 1. The second-order valence-corrected chi connectivity index (χ2v) is 4.63. The van der Waals surface area contributed by atoms with Crippen molar-refractivity contribution in [2.24, 2.45) is 0 Å². The van der Waals surface area contributed by atoms with Gasteiger partial charge in [-0.1, -0.05) is 13.8 Å². The van der Waals surface area contributed by atoms with Crippen molar-refractivity contribution in [1.82, 2.24) is 9.78 Å². The van der Waals surface area contributed by atoms with Gasteiger partial charge >= 0.3 is 0 Å². The van der Waals surface area contributed by atoms with Gasteiger partial charge in [0.05, 0.1) is 11.6 Å². The van der Waals surface area contributed by atoms with Crippen LogP contribution in [0.25, 0.3) is 11.3 Å². The Labute approximate surface area is 116 Å². The molecule has 0 unspecified atom stereocenters. The fraction of sp³-hybridized carbons (Fsp3) is 0.333. The summed E-state index contributed by atoms with van der Waals surface area (Å²) in [6.45, 7) is 4.04. The molecule has 0 spiro atoms. The Morgan fingerprint density at radius 2 is 2.00 bits per heavy atom. The molecule has 2 aromatic rings. The molecule has 0 aliphatic rings. The molecule has 106 valence electrons. The quantitative estimate of drug-likeness (QED) is 0.775. The first-order valence-electron chi connectivity index (χ1n) is 6.60. The molecule has 0 aliphatic heterocycles. The Bertz CT molecular complexity index is 618. The zero-order valence-corrected chi connectivity index (χ0v) is 11.4. The topological polar surface area (TPSA) is 34.9 Å². The minimum absolute atomic E-state index is 0.137. The summed E-state index contributed by atoms with van der Waals surface area (Å²) in [5.41, 5.74) is 0.699. The highest BCUT2D eigenvalue weighted by Crippen LogP contribution is 2.27. The Kier molecular flexibility index (Phi) is 4.27. The molecule has 0 saturated carbocycles. The second kappa shape index (κ2) is 5.94. The van der Waals surface area contributed by atoms with Crippen LogP contribution >= 0.6 is 0 Å². The number of rotatable bonds is 5. The molecular formula is C15H16F2N2O. The highest BCUT2D eigenvalue weighted by atomic mass is 19.1. The summed E-state index contributed by atoms with van der Waals surface area (Å²) in [6, 6.07) is 3.41. The molecule has 2 rings (SSSR count). The molecule has 0 amide bonds. The maximum Gasteiger partial charge on any atom is 0.153 e. The Hall–Kier alpha value is -2.04. The van der Waals surface area contributed by atoms with Gasteiger partial charge in [-0.05, 0) is 25.0 Å². The lowest BCUT2D eigenvalue weighted by atomic mass is 10.1. The number of halogens is 2. The summed E-state index contributed by atoms with van der Waals surface area (Å²) in [5, 5.41) is 4.31. The van der Waals surface area contributed by atoms with Crippen molar-refractivity contribution in [3.05, 3.63) is 41.6 Å². The number of hydrogen-bond acceptors (Lipinski definition) is 2. The van der Waals surface area contributed by atoms with E-state index in [0.29, 0.717) is 11.8 Å². The zero-order valence-electron chi connectivity index (χ0n) is 11.4. The van der Waals surface area contributed by atoms with Crippen LogP contribution in [0.2, 0.25) is 0 Å². The molecule has 1 heterocycles. The highest BCUT2D eigenvalue weighted by Gasteiger charge is 2.17. The Morgan fingerprint density at radius 1 is 1.30 bits per heavy atom. The van der Waals surface area contributed by atoms with E-state index >= 15 is 0 Å². The van der Waals surface area contributed by atoms with Crippen LogP contribution in [0.5, 0.6) is 0 Å². The third-order valence-electron chi connectivity index (χ3n) is 3.39. The number of hydrogen-bond donors (Lipinski definition) is 0. The van der Waals surface area contributed by atoms with E-state index in [9.17, 15) is 13.6 Å². The lowest BCUT2D eigenvalue weighted by Gasteiger charge is -2.12. The fourth-order valence-electron chi connectivity index (χ4n) is 2.23. The van der Waals surface area contributed by atoms with Gasteiger partial charge in [-0.15, -0.1) is 0 Å². The molecule has 5 heteroatoms.